The van der Waals surface area contributed by atoms with Gasteiger partial charge in [0.2, 0.25) is 0 Å². The number of nitrogens with zero attached hydrogens (tertiary/aromatic N) is 4. The lowest BCUT2D eigenvalue weighted by atomic mass is 10.3. The molecule has 1 aliphatic heterocycles. The van der Waals surface area contributed by atoms with Crippen LogP contribution in [0.15, 0.2) is 28.5 Å². The maximum absolute atomic E-state index is 6.09. The summed E-state index contributed by atoms with van der Waals surface area (Å²) in [6.07, 6.45) is 6.30. The van der Waals surface area contributed by atoms with E-state index in [0.29, 0.717) is 24.5 Å². The molecule has 1 fully saturated rings. The van der Waals surface area contributed by atoms with Crippen molar-refractivity contribution in [3.05, 3.63) is 22.0 Å². The molecule has 2 aliphatic rings. The van der Waals surface area contributed by atoms with Crippen molar-refractivity contribution >= 4 is 51.3 Å². The van der Waals surface area contributed by atoms with Crippen molar-refractivity contribution in [2.45, 2.75) is 48.3 Å². The van der Waals surface area contributed by atoms with E-state index in [4.69, 9.17) is 20.2 Å². The van der Waals surface area contributed by atoms with E-state index >= 15 is 0 Å². The Labute approximate surface area is 192 Å². The zero-order valence-electron chi connectivity index (χ0n) is 16.4. The van der Waals surface area contributed by atoms with Crippen molar-refractivity contribution in [1.82, 2.24) is 24.8 Å². The Morgan fingerprint density at radius 3 is 2.77 bits per heavy atom. The average Bonchev–Trinajstić information content (AvgIpc) is 3.50. The molecule has 2 aromatic heterocycles. The molecule has 5 rings (SSSR count). The second-order valence-electron chi connectivity index (χ2n) is 7.44. The number of aryl methyl sites for hydroxylation is 1. The number of rotatable bonds is 8. The Morgan fingerprint density at radius 2 is 1.97 bits per heavy atom. The van der Waals surface area contributed by atoms with Gasteiger partial charge in [0.1, 0.15) is 19.5 Å². The number of anilines is 1. The summed E-state index contributed by atoms with van der Waals surface area (Å²) in [5, 5.41) is 4.43. The molecule has 10 heteroatoms. The van der Waals surface area contributed by atoms with E-state index in [9.17, 15) is 0 Å². The highest BCUT2D eigenvalue weighted by molar-refractivity contribution is 14.1. The molecule has 0 unspecified atom stereocenters. The molecule has 1 saturated carbocycles. The molecule has 0 spiro atoms. The van der Waals surface area contributed by atoms with Crippen LogP contribution in [-0.2, 0) is 6.54 Å². The fourth-order valence-corrected chi connectivity index (χ4v) is 5.14. The number of benzene rings is 1. The van der Waals surface area contributed by atoms with Crippen LogP contribution >= 0.6 is 34.4 Å². The summed E-state index contributed by atoms with van der Waals surface area (Å²) in [6.45, 7) is 3.04. The van der Waals surface area contributed by atoms with E-state index < -0.39 is 0 Å². The lowest BCUT2D eigenvalue weighted by Gasteiger charge is -2.19. The highest BCUT2D eigenvalue weighted by Crippen LogP contribution is 2.40. The number of hydrogen-bond donors (Lipinski definition) is 2. The molecule has 1 aromatic carbocycles. The summed E-state index contributed by atoms with van der Waals surface area (Å²) in [5.74, 6) is 1.98. The highest BCUT2D eigenvalue weighted by Gasteiger charge is 2.21. The minimum absolute atomic E-state index is 0.410. The molecule has 0 bridgehead atoms. The van der Waals surface area contributed by atoms with Crippen LogP contribution in [0.2, 0.25) is 0 Å². The Hall–Kier alpha value is -1.79. The summed E-state index contributed by atoms with van der Waals surface area (Å²) in [7, 11) is 0. The second-order valence-corrected chi connectivity index (χ2v) is 9.61. The van der Waals surface area contributed by atoms with E-state index in [0.717, 1.165) is 62.7 Å². The van der Waals surface area contributed by atoms with Crippen molar-refractivity contribution in [2.24, 2.45) is 0 Å². The first-order chi connectivity index (χ1) is 14.7. The number of nitrogen functional groups attached to an aromatic ring is 1. The van der Waals surface area contributed by atoms with Gasteiger partial charge in [-0.05, 0) is 67.0 Å². The molecule has 3 N–H and O–H groups in total. The minimum Gasteiger partial charge on any atom is -0.486 e. The van der Waals surface area contributed by atoms with Gasteiger partial charge in [-0.1, -0.05) is 11.8 Å². The van der Waals surface area contributed by atoms with Gasteiger partial charge in [-0.15, -0.1) is 0 Å². The highest BCUT2D eigenvalue weighted by atomic mass is 127. The van der Waals surface area contributed by atoms with Crippen LogP contribution < -0.4 is 20.5 Å². The molecule has 0 amide bonds. The van der Waals surface area contributed by atoms with E-state index in [2.05, 4.69) is 42.4 Å². The second kappa shape index (κ2) is 8.75. The van der Waals surface area contributed by atoms with E-state index in [1.54, 1.807) is 11.8 Å². The molecule has 158 valence electrons. The first-order valence-electron chi connectivity index (χ1n) is 10.2. The summed E-state index contributed by atoms with van der Waals surface area (Å²) >= 11 is 3.92. The van der Waals surface area contributed by atoms with Crippen LogP contribution in [0.1, 0.15) is 25.7 Å². The first-order valence-corrected chi connectivity index (χ1v) is 12.1. The zero-order chi connectivity index (χ0) is 20.5. The van der Waals surface area contributed by atoms with Crippen molar-refractivity contribution in [3.8, 4) is 11.5 Å². The van der Waals surface area contributed by atoms with Crippen molar-refractivity contribution in [3.63, 3.8) is 0 Å². The largest absolute Gasteiger partial charge is 0.486 e. The van der Waals surface area contributed by atoms with Gasteiger partial charge in [-0.25, -0.2) is 15.0 Å². The number of hydrogen-bond acceptors (Lipinski definition) is 8. The summed E-state index contributed by atoms with van der Waals surface area (Å²) < 4.78 is 14.7. The number of ether oxygens (including phenoxy) is 2. The van der Waals surface area contributed by atoms with Gasteiger partial charge in [-0.3, -0.25) is 0 Å². The molecular weight excluding hydrogens is 515 g/mol. The summed E-state index contributed by atoms with van der Waals surface area (Å²) in [5.41, 5.74) is 7.53. The Kier molecular flexibility index (Phi) is 5.87. The topological polar surface area (TPSA) is 100 Å². The van der Waals surface area contributed by atoms with Crippen LogP contribution in [0.25, 0.3) is 11.2 Å². The molecule has 3 heterocycles. The van der Waals surface area contributed by atoms with Crippen LogP contribution in [0.3, 0.4) is 0 Å². The lowest BCUT2D eigenvalue weighted by Crippen LogP contribution is -2.17. The molecule has 3 aromatic rings. The normalized spacial score (nSPS) is 15.6. The van der Waals surface area contributed by atoms with Gasteiger partial charge in [0.25, 0.3) is 0 Å². The van der Waals surface area contributed by atoms with Gasteiger partial charge >= 0.3 is 0 Å². The Bertz CT molecular complexity index is 1070. The molecule has 0 saturated heterocycles. The van der Waals surface area contributed by atoms with E-state index in [1.807, 2.05) is 12.1 Å². The molecule has 30 heavy (non-hydrogen) atoms. The molecular formula is C20H23IN6O2S. The molecule has 8 nitrogen and oxygen atoms in total. The number of halogens is 1. The quantitative estimate of drug-likeness (QED) is 0.333. The Morgan fingerprint density at radius 1 is 1.17 bits per heavy atom. The van der Waals surface area contributed by atoms with Gasteiger partial charge in [0.15, 0.2) is 33.6 Å². The average molecular weight is 538 g/mol. The van der Waals surface area contributed by atoms with Gasteiger partial charge in [0, 0.05) is 21.1 Å². The summed E-state index contributed by atoms with van der Waals surface area (Å²) in [4.78, 5) is 14.4. The predicted molar refractivity (Wildman–Crippen MR) is 124 cm³/mol. The van der Waals surface area contributed by atoms with Crippen molar-refractivity contribution in [2.75, 3.05) is 25.5 Å². The number of fused-ring (bicyclic) bond motifs is 2. The third-order valence-corrected chi connectivity index (χ3v) is 7.45. The number of unbranched alkanes of at least 4 members (excludes halogenated alkanes) is 1. The van der Waals surface area contributed by atoms with Crippen molar-refractivity contribution < 1.29 is 9.47 Å². The lowest BCUT2D eigenvalue weighted by molar-refractivity contribution is 0.171. The van der Waals surface area contributed by atoms with Crippen molar-refractivity contribution in [1.29, 1.82) is 0 Å². The third-order valence-electron chi connectivity index (χ3n) is 5.14. The number of nitrogens with one attached hydrogen (secondary N) is 1. The smallest absolute Gasteiger partial charge is 0.175 e. The van der Waals surface area contributed by atoms with E-state index in [1.165, 1.54) is 19.2 Å². The van der Waals surface area contributed by atoms with Gasteiger partial charge < -0.3 is 25.1 Å². The standard InChI is InChI=1S/C20H23IN6O2S/c21-13-9-14-15(29-8-7-28-14)10-16(13)30-20-26-17-18(22)24-11-25-19(17)27(20)6-2-1-5-23-12-3-4-12/h9-12,23H,1-8H2,(H2,22,24,25). The molecule has 0 radical (unpaired) electrons. The SMILES string of the molecule is Nc1ncnc2c1nc(Sc1cc3c(cc1I)OCCO3)n2CCCCNC1CC1. The van der Waals surface area contributed by atoms with Gasteiger partial charge in [-0.2, -0.15) is 0 Å². The minimum atomic E-state index is 0.410. The fourth-order valence-electron chi connectivity index (χ4n) is 3.42. The van der Waals surface area contributed by atoms with E-state index in [-0.39, 0.29) is 0 Å². The summed E-state index contributed by atoms with van der Waals surface area (Å²) in [6, 6.07) is 4.79. The molecule has 0 atom stereocenters. The van der Waals surface area contributed by atoms with Crippen LogP contribution in [0, 0.1) is 3.57 Å². The Balaban J connectivity index is 1.40. The fraction of sp³-hybridized carbons (Fsp3) is 0.450. The maximum Gasteiger partial charge on any atom is 0.175 e. The third kappa shape index (κ3) is 4.30. The zero-order valence-corrected chi connectivity index (χ0v) is 19.4. The van der Waals surface area contributed by atoms with Crippen LogP contribution in [-0.4, -0.2) is 45.3 Å². The van der Waals surface area contributed by atoms with Crippen LogP contribution in [0.5, 0.6) is 11.5 Å². The van der Waals surface area contributed by atoms with Crippen LogP contribution in [0.4, 0.5) is 5.82 Å². The maximum atomic E-state index is 6.09. The number of imidazole rings is 1. The molecule has 1 aliphatic carbocycles. The predicted octanol–water partition coefficient (Wildman–Crippen LogP) is 3.47. The monoisotopic (exact) mass is 538 g/mol. The first kappa shape index (κ1) is 20.1. The number of nitrogens with two attached hydrogens (primary N) is 1. The van der Waals surface area contributed by atoms with Gasteiger partial charge in [0.05, 0.1) is 0 Å². The number of aromatic nitrogens is 4.